The normalized spacial score (nSPS) is 22.4. The first kappa shape index (κ1) is 16.0. The van der Waals surface area contributed by atoms with Gasteiger partial charge in [-0.2, -0.15) is 0 Å². The summed E-state index contributed by atoms with van der Waals surface area (Å²) in [5.41, 5.74) is 2.70. The van der Waals surface area contributed by atoms with E-state index in [1.165, 1.54) is 11.1 Å². The van der Waals surface area contributed by atoms with Crippen molar-refractivity contribution in [1.29, 1.82) is 0 Å². The van der Waals surface area contributed by atoms with E-state index in [1.807, 2.05) is 9.80 Å². The summed E-state index contributed by atoms with van der Waals surface area (Å²) in [7, 11) is 0. The second-order valence-corrected chi connectivity index (χ2v) is 6.91. The lowest BCUT2D eigenvalue weighted by atomic mass is 9.94. The van der Waals surface area contributed by atoms with Gasteiger partial charge in [0, 0.05) is 44.9 Å². The molecule has 0 unspecified atom stereocenters. The summed E-state index contributed by atoms with van der Waals surface area (Å²) in [5, 5.41) is 0. The largest absolute Gasteiger partial charge is 0.343 e. The highest BCUT2D eigenvalue weighted by Gasteiger charge is 2.33. The number of benzene rings is 1. The summed E-state index contributed by atoms with van der Waals surface area (Å²) >= 11 is 0. The first-order valence-electron chi connectivity index (χ1n) is 8.66. The van der Waals surface area contributed by atoms with Crippen LogP contribution in [-0.4, -0.2) is 47.8 Å². The molecule has 2 saturated heterocycles. The zero-order valence-electron chi connectivity index (χ0n) is 14.1. The smallest absolute Gasteiger partial charge is 0.225 e. The second-order valence-electron chi connectivity index (χ2n) is 6.91. The van der Waals surface area contributed by atoms with E-state index >= 15 is 0 Å². The number of rotatable bonds is 2. The number of hydrogen-bond acceptors (Lipinski definition) is 2. The number of carbonyl (C=O) groups is 2. The number of hydrogen-bond donors (Lipinski definition) is 0. The van der Waals surface area contributed by atoms with Crippen LogP contribution in [0.2, 0.25) is 0 Å². The number of nitrogens with zero attached hydrogens (tertiary/aromatic N) is 2. The molecule has 2 amide bonds. The highest BCUT2D eigenvalue weighted by molar-refractivity contribution is 5.80. The summed E-state index contributed by atoms with van der Waals surface area (Å²) in [6.07, 6.45) is 2.68. The first-order valence-corrected chi connectivity index (χ1v) is 8.66. The third-order valence-corrected chi connectivity index (χ3v) is 5.42. The van der Waals surface area contributed by atoms with Crippen LogP contribution < -0.4 is 0 Å². The average molecular weight is 314 g/mol. The minimum atomic E-state index is 0.0984. The van der Waals surface area contributed by atoms with Crippen LogP contribution >= 0.6 is 0 Å². The number of likely N-dealkylation sites (tertiary alicyclic amines) is 2. The van der Waals surface area contributed by atoms with Gasteiger partial charge in [-0.1, -0.05) is 24.3 Å². The SMILES string of the molecule is CC(=O)N1CCC(C(=O)N2CC[C@@H](c3ccccc3C)C2)CC1. The van der Waals surface area contributed by atoms with Crippen LogP contribution in [0.15, 0.2) is 24.3 Å². The molecular weight excluding hydrogens is 288 g/mol. The fourth-order valence-corrected chi connectivity index (χ4v) is 3.96. The van der Waals surface area contributed by atoms with Gasteiger partial charge in [0.15, 0.2) is 0 Å². The highest BCUT2D eigenvalue weighted by Crippen LogP contribution is 2.31. The Labute approximate surface area is 138 Å². The van der Waals surface area contributed by atoms with Crippen molar-refractivity contribution < 1.29 is 9.59 Å². The Morgan fingerprint density at radius 1 is 1.00 bits per heavy atom. The molecule has 1 atom stereocenters. The van der Waals surface area contributed by atoms with E-state index in [0.29, 0.717) is 11.8 Å². The minimum absolute atomic E-state index is 0.0984. The van der Waals surface area contributed by atoms with Crippen molar-refractivity contribution in [3.63, 3.8) is 0 Å². The summed E-state index contributed by atoms with van der Waals surface area (Å²) in [6.45, 7) is 6.91. The van der Waals surface area contributed by atoms with Crippen LogP contribution in [0.4, 0.5) is 0 Å². The quantitative estimate of drug-likeness (QED) is 0.842. The van der Waals surface area contributed by atoms with Crippen LogP contribution in [0, 0.1) is 12.8 Å². The Balaban J connectivity index is 1.58. The van der Waals surface area contributed by atoms with E-state index in [-0.39, 0.29) is 11.8 Å². The molecule has 124 valence electrons. The van der Waals surface area contributed by atoms with Crippen LogP contribution in [0.3, 0.4) is 0 Å². The fraction of sp³-hybridized carbons (Fsp3) is 0.579. The molecule has 2 fully saturated rings. The molecule has 1 aromatic rings. The van der Waals surface area contributed by atoms with Crippen LogP contribution in [0.5, 0.6) is 0 Å². The molecule has 1 aromatic carbocycles. The molecule has 2 heterocycles. The molecule has 4 heteroatoms. The Kier molecular flexibility index (Phi) is 4.69. The summed E-state index contributed by atoms with van der Waals surface area (Å²) in [6, 6.07) is 8.50. The van der Waals surface area contributed by atoms with Gasteiger partial charge in [0.25, 0.3) is 0 Å². The molecule has 0 bridgehead atoms. The van der Waals surface area contributed by atoms with Crippen LogP contribution in [0.25, 0.3) is 0 Å². The third kappa shape index (κ3) is 3.41. The fourth-order valence-electron chi connectivity index (χ4n) is 3.96. The van der Waals surface area contributed by atoms with E-state index in [0.717, 1.165) is 45.4 Å². The Hall–Kier alpha value is -1.84. The lowest BCUT2D eigenvalue weighted by molar-refractivity contribution is -0.139. The molecule has 2 aliphatic heterocycles. The lowest BCUT2D eigenvalue weighted by Crippen LogP contribution is -2.43. The van der Waals surface area contributed by atoms with Gasteiger partial charge in [0.05, 0.1) is 0 Å². The molecule has 4 nitrogen and oxygen atoms in total. The molecule has 0 saturated carbocycles. The van der Waals surface area contributed by atoms with Crippen molar-refractivity contribution in [3.05, 3.63) is 35.4 Å². The molecule has 23 heavy (non-hydrogen) atoms. The molecule has 0 aromatic heterocycles. The summed E-state index contributed by atoms with van der Waals surface area (Å²) in [5.74, 6) is 0.986. The van der Waals surface area contributed by atoms with E-state index in [1.54, 1.807) is 6.92 Å². The number of amides is 2. The number of aryl methyl sites for hydroxylation is 1. The molecule has 2 aliphatic rings. The first-order chi connectivity index (χ1) is 11.1. The monoisotopic (exact) mass is 314 g/mol. The maximum atomic E-state index is 12.8. The number of piperidine rings is 1. The van der Waals surface area contributed by atoms with Gasteiger partial charge < -0.3 is 9.80 Å². The zero-order chi connectivity index (χ0) is 16.4. The number of carbonyl (C=O) groups excluding carboxylic acids is 2. The van der Waals surface area contributed by atoms with Gasteiger partial charge in [-0.05, 0) is 37.3 Å². The molecule has 0 N–H and O–H groups in total. The van der Waals surface area contributed by atoms with E-state index in [4.69, 9.17) is 0 Å². The van der Waals surface area contributed by atoms with Crippen LogP contribution in [-0.2, 0) is 9.59 Å². The van der Waals surface area contributed by atoms with Crippen molar-refractivity contribution in [3.8, 4) is 0 Å². The maximum Gasteiger partial charge on any atom is 0.225 e. The molecule has 0 spiro atoms. The van der Waals surface area contributed by atoms with Crippen molar-refractivity contribution in [2.75, 3.05) is 26.2 Å². The van der Waals surface area contributed by atoms with Crippen molar-refractivity contribution in [2.24, 2.45) is 5.92 Å². The summed E-state index contributed by atoms with van der Waals surface area (Å²) in [4.78, 5) is 28.1. The predicted octanol–water partition coefficient (Wildman–Crippen LogP) is 2.57. The molecular formula is C19H26N2O2. The lowest BCUT2D eigenvalue weighted by Gasteiger charge is -2.32. The Morgan fingerprint density at radius 2 is 1.65 bits per heavy atom. The standard InChI is InChI=1S/C19H26N2O2/c1-14-5-3-4-6-18(14)17-9-12-21(13-17)19(23)16-7-10-20(11-8-16)15(2)22/h3-6,16-17H,7-13H2,1-2H3/t17-/m1/s1. The van der Waals surface area contributed by atoms with Gasteiger partial charge in [0.2, 0.25) is 11.8 Å². The highest BCUT2D eigenvalue weighted by atomic mass is 16.2. The van der Waals surface area contributed by atoms with Gasteiger partial charge >= 0.3 is 0 Å². The second kappa shape index (κ2) is 6.73. The van der Waals surface area contributed by atoms with E-state index < -0.39 is 0 Å². The third-order valence-electron chi connectivity index (χ3n) is 5.42. The van der Waals surface area contributed by atoms with Crippen molar-refractivity contribution >= 4 is 11.8 Å². The average Bonchev–Trinajstić information content (AvgIpc) is 3.04. The van der Waals surface area contributed by atoms with E-state index in [2.05, 4.69) is 31.2 Å². The van der Waals surface area contributed by atoms with Crippen molar-refractivity contribution in [1.82, 2.24) is 9.80 Å². The molecule has 0 aliphatic carbocycles. The minimum Gasteiger partial charge on any atom is -0.343 e. The Bertz CT molecular complexity index is 591. The summed E-state index contributed by atoms with van der Waals surface area (Å²) < 4.78 is 0. The van der Waals surface area contributed by atoms with Gasteiger partial charge in [0.1, 0.15) is 0 Å². The Morgan fingerprint density at radius 3 is 2.30 bits per heavy atom. The topological polar surface area (TPSA) is 40.6 Å². The van der Waals surface area contributed by atoms with Crippen molar-refractivity contribution in [2.45, 2.75) is 39.0 Å². The zero-order valence-corrected chi connectivity index (χ0v) is 14.1. The molecule has 0 radical (unpaired) electrons. The predicted molar refractivity (Wildman–Crippen MR) is 90.1 cm³/mol. The molecule has 3 rings (SSSR count). The van der Waals surface area contributed by atoms with Gasteiger partial charge in [-0.25, -0.2) is 0 Å². The van der Waals surface area contributed by atoms with Gasteiger partial charge in [-0.15, -0.1) is 0 Å². The van der Waals surface area contributed by atoms with Crippen LogP contribution in [0.1, 0.15) is 43.2 Å². The van der Waals surface area contributed by atoms with E-state index in [9.17, 15) is 9.59 Å². The maximum absolute atomic E-state index is 12.8. The van der Waals surface area contributed by atoms with Gasteiger partial charge in [-0.3, -0.25) is 9.59 Å².